The van der Waals surface area contributed by atoms with Gasteiger partial charge >= 0.3 is 5.97 Å². The van der Waals surface area contributed by atoms with E-state index >= 15 is 0 Å². The van der Waals surface area contributed by atoms with Gasteiger partial charge in [0.2, 0.25) is 0 Å². The van der Waals surface area contributed by atoms with E-state index in [4.69, 9.17) is 28.4 Å². The molecule has 8 N–H and O–H groups in total. The Morgan fingerprint density at radius 1 is 0.672 bits per heavy atom. The van der Waals surface area contributed by atoms with Gasteiger partial charge in [-0.1, -0.05) is 60.1 Å². The molecule has 3 unspecified atom stereocenters. The quantitative estimate of drug-likeness (QED) is 0.136. The van der Waals surface area contributed by atoms with Gasteiger partial charge in [-0.2, -0.15) is 0 Å². The van der Waals surface area contributed by atoms with Gasteiger partial charge in [-0.25, -0.2) is 0 Å². The number of aliphatic hydroxyl groups is 7. The van der Waals surface area contributed by atoms with E-state index in [-0.39, 0.29) is 58.2 Å². The van der Waals surface area contributed by atoms with Crippen LogP contribution in [0.4, 0.5) is 0 Å². The minimum absolute atomic E-state index is 0.00192. The number of carbonyl (C=O) groups is 1. The third-order valence-electron chi connectivity index (χ3n) is 18.5. The zero-order chi connectivity index (χ0) is 44.4. The maximum atomic E-state index is 13.1. The van der Waals surface area contributed by atoms with Crippen LogP contribution in [0.5, 0.6) is 0 Å². The maximum Gasteiger partial charge on any atom is 0.310 e. The van der Waals surface area contributed by atoms with Gasteiger partial charge in [-0.3, -0.25) is 4.79 Å². The number of carboxylic acids is 1. The molecule has 3 aliphatic heterocycles. The van der Waals surface area contributed by atoms with Gasteiger partial charge in [0, 0.05) is 0 Å². The molecule has 0 aromatic heterocycles. The summed E-state index contributed by atoms with van der Waals surface area (Å²) in [5.74, 6) is 0.114. The van der Waals surface area contributed by atoms with Crippen LogP contribution in [-0.2, 0) is 33.2 Å². The van der Waals surface area contributed by atoms with Gasteiger partial charge in [0.15, 0.2) is 18.9 Å². The van der Waals surface area contributed by atoms with E-state index in [0.717, 1.165) is 64.2 Å². The van der Waals surface area contributed by atoms with Crippen molar-refractivity contribution in [2.75, 3.05) is 13.2 Å². The molecule has 4 saturated carbocycles. The number of fused-ring (bicyclic) bond motifs is 7. The summed E-state index contributed by atoms with van der Waals surface area (Å²) in [6.45, 7) is 17.5. The van der Waals surface area contributed by atoms with Crippen LogP contribution in [0.2, 0.25) is 0 Å². The smallest absolute Gasteiger partial charge is 0.310 e. The molecule has 15 heteroatoms. The van der Waals surface area contributed by atoms with Gasteiger partial charge < -0.3 is 69.3 Å². The Morgan fingerprint density at radius 3 is 1.98 bits per heavy atom. The van der Waals surface area contributed by atoms with Gasteiger partial charge in [0.25, 0.3) is 0 Å². The molecule has 0 aromatic carbocycles. The normalized spacial score (nSPS) is 54.3. The second kappa shape index (κ2) is 15.9. The molecular formula is C46H74O15. The lowest BCUT2D eigenvalue weighted by Crippen LogP contribution is -2.66. The van der Waals surface area contributed by atoms with Crippen molar-refractivity contribution >= 4 is 5.97 Å². The molecule has 0 bridgehead atoms. The van der Waals surface area contributed by atoms with E-state index in [1.54, 1.807) is 0 Å². The highest BCUT2D eigenvalue weighted by Gasteiger charge is 2.69. The molecule has 21 atom stereocenters. The molecule has 0 spiro atoms. The van der Waals surface area contributed by atoms with E-state index in [1.165, 1.54) is 12.5 Å². The first kappa shape index (κ1) is 46.2. The zero-order valence-electron chi connectivity index (χ0n) is 37.3. The Bertz CT molecular complexity index is 1670. The summed E-state index contributed by atoms with van der Waals surface area (Å²) in [5.41, 5.74) is 0.383. The molecule has 3 heterocycles. The highest BCUT2D eigenvalue weighted by atomic mass is 16.7. The molecule has 15 nitrogen and oxygen atoms in total. The van der Waals surface area contributed by atoms with Crippen molar-refractivity contribution in [1.82, 2.24) is 0 Å². The zero-order valence-corrected chi connectivity index (χ0v) is 37.3. The predicted molar refractivity (Wildman–Crippen MR) is 217 cm³/mol. The summed E-state index contributed by atoms with van der Waals surface area (Å²) in [5, 5.41) is 86.2. The molecule has 0 radical (unpaired) electrons. The van der Waals surface area contributed by atoms with E-state index in [0.29, 0.717) is 5.92 Å². The average molecular weight is 867 g/mol. The number of hydrogen-bond donors (Lipinski definition) is 8. The first-order valence-corrected chi connectivity index (χ1v) is 23.0. The molecular weight excluding hydrogens is 792 g/mol. The number of allylic oxidation sites excluding steroid dienone is 2. The number of aliphatic hydroxyl groups excluding tert-OH is 7. The first-order valence-electron chi connectivity index (χ1n) is 23.0. The van der Waals surface area contributed by atoms with Crippen LogP contribution in [0.15, 0.2) is 11.6 Å². The van der Waals surface area contributed by atoms with E-state index < -0.39 is 91.3 Å². The summed E-state index contributed by atoms with van der Waals surface area (Å²) in [6, 6.07) is 0. The summed E-state index contributed by atoms with van der Waals surface area (Å²) in [6.07, 6.45) is -7.40. The Balaban J connectivity index is 0.964. The first-order chi connectivity index (χ1) is 28.4. The number of ether oxygens (including phenoxy) is 6. The fraction of sp³-hybridized carbons (Fsp3) is 0.935. The second-order valence-corrected chi connectivity index (χ2v) is 22.6. The van der Waals surface area contributed by atoms with Gasteiger partial charge in [-0.05, 0) is 116 Å². The van der Waals surface area contributed by atoms with Crippen molar-refractivity contribution in [3.8, 4) is 0 Å². The molecule has 3 saturated heterocycles. The molecule has 0 aromatic rings. The molecule has 5 aliphatic carbocycles. The Morgan fingerprint density at radius 2 is 1.30 bits per heavy atom. The van der Waals surface area contributed by atoms with Crippen molar-refractivity contribution < 1.29 is 74.1 Å². The molecule has 61 heavy (non-hydrogen) atoms. The topological polar surface area (TPSA) is 234 Å². The van der Waals surface area contributed by atoms with Gasteiger partial charge in [0.05, 0.1) is 30.8 Å². The van der Waals surface area contributed by atoms with E-state index in [1.807, 2.05) is 0 Å². The SMILES string of the molecule is C[C@@H]1O[C@@H](O[C@@H]2[C@@H](O)[C@H](O[C@H]3CC[C@@]4(C)C(CC[C@]5(C)C4CC=C4C6CC(C)(C)CC[C@]6(C(=O)O)CC[C@]45C)C3(C)C)OC[C@@H]2O)[C@H](O)[C@H](O[C@@H]2OC[C@@H](O)[C@H](O)[C@H]2O)[C@H]1O. The van der Waals surface area contributed by atoms with E-state index in [9.17, 15) is 45.6 Å². The summed E-state index contributed by atoms with van der Waals surface area (Å²) < 4.78 is 35.6. The molecule has 8 aliphatic rings. The minimum Gasteiger partial charge on any atom is -0.481 e. The summed E-state index contributed by atoms with van der Waals surface area (Å²) >= 11 is 0. The summed E-state index contributed by atoms with van der Waals surface area (Å²) in [4.78, 5) is 13.1. The lowest BCUT2D eigenvalue weighted by atomic mass is 9.33. The highest BCUT2D eigenvalue weighted by molar-refractivity contribution is 5.76. The monoisotopic (exact) mass is 867 g/mol. The summed E-state index contributed by atoms with van der Waals surface area (Å²) in [7, 11) is 0. The average Bonchev–Trinajstić information content (AvgIpc) is 3.18. The van der Waals surface area contributed by atoms with Gasteiger partial charge in [0.1, 0.15) is 54.9 Å². The highest BCUT2D eigenvalue weighted by Crippen LogP contribution is 2.76. The van der Waals surface area contributed by atoms with Crippen molar-refractivity contribution in [3.05, 3.63) is 11.6 Å². The fourth-order valence-electron chi connectivity index (χ4n) is 14.5. The van der Waals surface area contributed by atoms with Crippen molar-refractivity contribution in [1.29, 1.82) is 0 Å². The lowest BCUT2D eigenvalue weighted by Gasteiger charge is -2.71. The minimum atomic E-state index is -1.68. The molecule has 7 fully saturated rings. The predicted octanol–water partition coefficient (Wildman–Crippen LogP) is 3.01. The van der Waals surface area contributed by atoms with Crippen LogP contribution >= 0.6 is 0 Å². The fourth-order valence-corrected chi connectivity index (χ4v) is 14.5. The Hall–Kier alpha value is -1.31. The van der Waals surface area contributed by atoms with Crippen molar-refractivity contribution in [2.45, 2.75) is 206 Å². The number of carboxylic acid groups (broad SMARTS) is 1. The third kappa shape index (κ3) is 7.21. The molecule has 348 valence electrons. The van der Waals surface area contributed by atoms with Gasteiger partial charge in [-0.15, -0.1) is 0 Å². The standard InChI is InChI=1S/C46H74O15/c1-22-30(49)36(61-37-32(51)31(50)25(47)20-56-37)34(53)39(58-22)60-35-26(48)21-57-38(33(35)52)59-29-12-13-43(6)27(42(29,4)5)11-14-45(8)28(43)10-9-23-24-19-41(2,3)15-17-46(24,40(54)55)18-16-44(23,45)7/h9,22,24-39,47-53H,10-21H2,1-8H3,(H,54,55)/t22-,24?,25+,26-,27?,28?,29-,30-,31-,32+,33+,34+,35-,36+,37-,38-,39-,43-,44+,45+,46-/m0/s1. The second-order valence-electron chi connectivity index (χ2n) is 22.6. The molecule has 0 amide bonds. The van der Waals surface area contributed by atoms with Crippen LogP contribution < -0.4 is 0 Å². The van der Waals surface area contributed by atoms with Crippen molar-refractivity contribution in [3.63, 3.8) is 0 Å². The Labute approximate surface area is 360 Å². The molecule has 8 rings (SSSR count). The lowest BCUT2D eigenvalue weighted by molar-refractivity contribution is -0.371. The van der Waals surface area contributed by atoms with Crippen LogP contribution in [0, 0.1) is 50.2 Å². The number of rotatable bonds is 7. The number of aliphatic carboxylic acids is 1. The van der Waals surface area contributed by atoms with Crippen LogP contribution in [0.3, 0.4) is 0 Å². The maximum absolute atomic E-state index is 13.1. The number of hydrogen-bond acceptors (Lipinski definition) is 14. The largest absolute Gasteiger partial charge is 0.481 e. The van der Waals surface area contributed by atoms with Crippen LogP contribution in [0.25, 0.3) is 0 Å². The van der Waals surface area contributed by atoms with Crippen molar-refractivity contribution in [2.24, 2.45) is 50.2 Å². The Kier molecular flexibility index (Phi) is 12.1. The van der Waals surface area contributed by atoms with Crippen LogP contribution in [0.1, 0.15) is 120 Å². The van der Waals surface area contributed by atoms with E-state index in [2.05, 4.69) is 54.5 Å². The third-order valence-corrected chi connectivity index (χ3v) is 18.5. The van der Waals surface area contributed by atoms with Crippen LogP contribution in [-0.4, -0.2) is 146 Å².